The molecule has 0 spiro atoms. The summed E-state index contributed by atoms with van der Waals surface area (Å²) in [6, 6.07) is 7.93. The molecule has 6 rings (SSSR count). The van der Waals surface area contributed by atoms with Gasteiger partial charge in [0.1, 0.15) is 5.82 Å². The lowest BCUT2D eigenvalue weighted by molar-refractivity contribution is 0.0110. The number of aliphatic hydroxyl groups is 1. The highest BCUT2D eigenvalue weighted by Gasteiger charge is 2.31. The first-order valence-corrected chi connectivity index (χ1v) is 12.3. The summed E-state index contributed by atoms with van der Waals surface area (Å²) in [6.07, 6.45) is 11.1. The van der Waals surface area contributed by atoms with E-state index in [2.05, 4.69) is 30.5 Å². The summed E-state index contributed by atoms with van der Waals surface area (Å²) in [5, 5.41) is 16.8. The Morgan fingerprint density at radius 1 is 1.14 bits per heavy atom. The van der Waals surface area contributed by atoms with Crippen LogP contribution >= 0.6 is 0 Å². The molecule has 3 aromatic heterocycles. The van der Waals surface area contributed by atoms with E-state index in [9.17, 15) is 9.90 Å². The molecule has 36 heavy (non-hydrogen) atoms. The monoisotopic (exact) mass is 483 g/mol. The van der Waals surface area contributed by atoms with Gasteiger partial charge < -0.3 is 20.6 Å². The van der Waals surface area contributed by atoms with Gasteiger partial charge >= 0.3 is 0 Å². The molecule has 5 heterocycles. The predicted molar refractivity (Wildman–Crippen MR) is 138 cm³/mol. The van der Waals surface area contributed by atoms with E-state index in [1.54, 1.807) is 12.4 Å². The van der Waals surface area contributed by atoms with Gasteiger partial charge in [0.05, 0.1) is 46.8 Å². The van der Waals surface area contributed by atoms with Crippen molar-refractivity contribution in [3.05, 3.63) is 66.4 Å². The lowest BCUT2D eigenvalue weighted by Gasteiger charge is -2.39. The first-order valence-electron chi connectivity index (χ1n) is 12.3. The van der Waals surface area contributed by atoms with E-state index in [0.717, 1.165) is 59.8 Å². The first kappa shape index (κ1) is 22.5. The molecule has 0 aliphatic carbocycles. The quantitative estimate of drug-likeness (QED) is 0.397. The Labute approximate surface area is 209 Å². The molecular weight excluding hydrogens is 454 g/mol. The highest BCUT2D eigenvalue weighted by Crippen LogP contribution is 2.36. The van der Waals surface area contributed by atoms with Crippen LogP contribution < -0.4 is 15.5 Å². The summed E-state index contributed by atoms with van der Waals surface area (Å²) in [5.41, 5.74) is 5.27. The minimum absolute atomic E-state index is 0.104. The highest BCUT2D eigenvalue weighted by molar-refractivity contribution is 6.06. The lowest BCUT2D eigenvalue weighted by atomic mass is 9.84. The summed E-state index contributed by atoms with van der Waals surface area (Å²) in [6.45, 7) is 6.00. The van der Waals surface area contributed by atoms with E-state index in [1.807, 2.05) is 61.1 Å². The van der Waals surface area contributed by atoms with Gasteiger partial charge in [-0.25, -0.2) is 9.97 Å². The molecule has 2 aliphatic rings. The van der Waals surface area contributed by atoms with Gasteiger partial charge in [-0.1, -0.05) is 6.07 Å². The average Bonchev–Trinajstić information content (AvgIpc) is 3.49. The average molecular weight is 484 g/mol. The molecule has 0 unspecified atom stereocenters. The number of nitrogens with zero attached hydrogens (tertiary/aromatic N) is 5. The van der Waals surface area contributed by atoms with E-state index in [0.29, 0.717) is 17.9 Å². The molecule has 0 saturated carbocycles. The number of amides is 1. The van der Waals surface area contributed by atoms with Crippen LogP contribution in [-0.2, 0) is 6.54 Å². The third-order valence-electron chi connectivity index (χ3n) is 7.36. The number of rotatable bonds is 5. The fraction of sp³-hybridized carbons (Fsp3) is 0.333. The van der Waals surface area contributed by atoms with E-state index in [1.165, 1.54) is 0 Å². The zero-order valence-corrected chi connectivity index (χ0v) is 20.4. The summed E-state index contributed by atoms with van der Waals surface area (Å²) in [7, 11) is 0. The maximum atomic E-state index is 12.8. The van der Waals surface area contributed by atoms with E-state index in [4.69, 9.17) is 0 Å². The fourth-order valence-corrected chi connectivity index (χ4v) is 5.31. The Bertz CT molecular complexity index is 1440. The second-order valence-corrected chi connectivity index (χ2v) is 10.1. The number of imidazole rings is 1. The number of piperidine rings is 1. The Kier molecular flexibility index (Phi) is 5.37. The molecule has 1 amide bonds. The maximum absolute atomic E-state index is 12.8. The number of hydrogen-bond acceptors (Lipinski definition) is 7. The zero-order valence-electron chi connectivity index (χ0n) is 20.4. The largest absolute Gasteiger partial charge is 0.390 e. The zero-order chi connectivity index (χ0) is 24.9. The van der Waals surface area contributed by atoms with Crippen molar-refractivity contribution in [2.24, 2.45) is 5.92 Å². The molecule has 1 atom stereocenters. The molecule has 9 nitrogen and oxygen atoms in total. The second-order valence-electron chi connectivity index (χ2n) is 10.1. The highest BCUT2D eigenvalue weighted by atomic mass is 16.3. The first-order chi connectivity index (χ1) is 17.4. The molecule has 0 bridgehead atoms. The number of hydrogen-bond donors (Lipinski definition) is 3. The molecule has 1 fully saturated rings. The van der Waals surface area contributed by atoms with Gasteiger partial charge in [0.15, 0.2) is 5.65 Å². The van der Waals surface area contributed by atoms with Crippen LogP contribution in [-0.4, -0.2) is 49.1 Å². The third-order valence-corrected chi connectivity index (χ3v) is 7.36. The van der Waals surface area contributed by atoms with Gasteiger partial charge in [-0.05, 0) is 50.5 Å². The maximum Gasteiger partial charge on any atom is 0.254 e. The lowest BCUT2D eigenvalue weighted by Crippen LogP contribution is -2.44. The molecule has 3 N–H and O–H groups in total. The Balaban J connectivity index is 1.27. The van der Waals surface area contributed by atoms with Crippen molar-refractivity contribution in [3.8, 4) is 11.3 Å². The Morgan fingerprint density at radius 3 is 2.83 bits per heavy atom. The summed E-state index contributed by atoms with van der Waals surface area (Å²) >= 11 is 0. The topological polar surface area (TPSA) is 108 Å². The number of anilines is 3. The van der Waals surface area contributed by atoms with Gasteiger partial charge in [0.25, 0.3) is 5.91 Å². The van der Waals surface area contributed by atoms with Gasteiger partial charge in [-0.2, -0.15) is 0 Å². The molecule has 9 heteroatoms. The van der Waals surface area contributed by atoms with Crippen LogP contribution in [0.15, 0.2) is 55.2 Å². The van der Waals surface area contributed by atoms with Crippen LogP contribution in [0.4, 0.5) is 17.2 Å². The number of benzene rings is 1. The van der Waals surface area contributed by atoms with Gasteiger partial charge in [-0.15, -0.1) is 0 Å². The normalized spacial score (nSPS) is 17.8. The van der Waals surface area contributed by atoms with Crippen molar-refractivity contribution in [1.82, 2.24) is 24.7 Å². The number of pyridine rings is 1. The number of aromatic nitrogens is 4. The summed E-state index contributed by atoms with van der Waals surface area (Å²) < 4.78 is 1.97. The van der Waals surface area contributed by atoms with Crippen LogP contribution in [0.3, 0.4) is 0 Å². The fourth-order valence-electron chi connectivity index (χ4n) is 5.31. The SMILES string of the molecule is CC(C)(O)[C@H]1CCCN(c2ccc(Nc3ccc(-c4cnc5cnccn45)c4c3C(=O)NC4)nc2)C1. The van der Waals surface area contributed by atoms with Gasteiger partial charge in [0.2, 0.25) is 0 Å². The number of fused-ring (bicyclic) bond motifs is 2. The van der Waals surface area contributed by atoms with Crippen LogP contribution in [0.1, 0.15) is 42.6 Å². The van der Waals surface area contributed by atoms with Crippen LogP contribution in [0.25, 0.3) is 16.9 Å². The van der Waals surface area contributed by atoms with Gasteiger partial charge in [-0.3, -0.25) is 14.2 Å². The predicted octanol–water partition coefficient (Wildman–Crippen LogP) is 3.77. The van der Waals surface area contributed by atoms with E-state index >= 15 is 0 Å². The molecule has 0 radical (unpaired) electrons. The molecule has 184 valence electrons. The van der Waals surface area contributed by atoms with Crippen molar-refractivity contribution in [2.45, 2.75) is 38.8 Å². The standard InChI is InChI=1S/C27H29N7O2/c1-27(2,36)17-4-3-10-33(16-17)18-5-8-23(29-12-18)32-21-7-6-19(20-13-31-26(35)25(20)21)22-14-30-24-15-28-9-11-34(22)24/h5-9,11-12,14-15,17,36H,3-4,10,13,16H2,1-2H3,(H,29,32)(H,31,35)/t17-/m0/s1. The van der Waals surface area contributed by atoms with Crippen LogP contribution in [0.5, 0.6) is 0 Å². The van der Waals surface area contributed by atoms with Crippen LogP contribution in [0.2, 0.25) is 0 Å². The number of carbonyl (C=O) groups is 1. The third kappa shape index (κ3) is 3.95. The van der Waals surface area contributed by atoms with Crippen LogP contribution in [0, 0.1) is 5.92 Å². The van der Waals surface area contributed by atoms with E-state index < -0.39 is 5.60 Å². The number of nitrogens with one attached hydrogen (secondary N) is 2. The minimum Gasteiger partial charge on any atom is -0.390 e. The molecule has 1 saturated heterocycles. The summed E-state index contributed by atoms with van der Waals surface area (Å²) in [4.78, 5) is 28.3. The van der Waals surface area contributed by atoms with Gasteiger partial charge in [0, 0.05) is 43.5 Å². The summed E-state index contributed by atoms with van der Waals surface area (Å²) in [5.74, 6) is 0.797. The number of carbonyl (C=O) groups excluding carboxylic acids is 1. The van der Waals surface area contributed by atoms with E-state index in [-0.39, 0.29) is 11.8 Å². The molecule has 4 aromatic rings. The molecular formula is C27H29N7O2. The Morgan fingerprint density at radius 2 is 2.03 bits per heavy atom. The van der Waals surface area contributed by atoms with Crippen molar-refractivity contribution in [3.63, 3.8) is 0 Å². The van der Waals surface area contributed by atoms with Crippen molar-refractivity contribution in [1.29, 1.82) is 0 Å². The van der Waals surface area contributed by atoms with Crippen molar-refractivity contribution >= 4 is 28.7 Å². The smallest absolute Gasteiger partial charge is 0.254 e. The second kappa shape index (κ2) is 8.60. The Hall–Kier alpha value is -3.98. The molecule has 1 aromatic carbocycles. The minimum atomic E-state index is -0.694. The van der Waals surface area contributed by atoms with Crippen molar-refractivity contribution < 1.29 is 9.90 Å². The van der Waals surface area contributed by atoms with Crippen molar-refractivity contribution in [2.75, 3.05) is 23.3 Å². The molecule has 2 aliphatic heterocycles.